The molecule has 30 heavy (non-hydrogen) atoms. The number of hydrogen-bond acceptors (Lipinski definition) is 5. The Morgan fingerprint density at radius 3 is 2.60 bits per heavy atom. The summed E-state index contributed by atoms with van der Waals surface area (Å²) in [6.07, 6.45) is 1.77. The molecule has 0 saturated carbocycles. The van der Waals surface area contributed by atoms with Gasteiger partial charge in [-0.2, -0.15) is 0 Å². The largest absolute Gasteiger partial charge is 0.486 e. The highest BCUT2D eigenvalue weighted by atomic mass is 79.9. The van der Waals surface area contributed by atoms with Gasteiger partial charge in [0.05, 0.1) is 5.75 Å². The first-order valence-corrected chi connectivity index (χ1v) is 11.2. The summed E-state index contributed by atoms with van der Waals surface area (Å²) in [5, 5.41) is 12.1. The van der Waals surface area contributed by atoms with Gasteiger partial charge in [-0.1, -0.05) is 52.0 Å². The number of halogens is 1. The Morgan fingerprint density at radius 1 is 1.23 bits per heavy atom. The van der Waals surface area contributed by atoms with E-state index in [9.17, 15) is 4.79 Å². The highest BCUT2D eigenvalue weighted by Crippen LogP contribution is 2.26. The number of aromatic nitrogens is 3. The molecule has 0 spiro atoms. The molecule has 1 heterocycles. The van der Waals surface area contributed by atoms with E-state index in [2.05, 4.69) is 38.0 Å². The van der Waals surface area contributed by atoms with E-state index in [4.69, 9.17) is 4.74 Å². The van der Waals surface area contributed by atoms with E-state index >= 15 is 0 Å². The molecule has 1 N–H and O–H groups in total. The molecule has 0 aliphatic rings. The number of carbonyl (C=O) groups is 1. The van der Waals surface area contributed by atoms with Crippen LogP contribution in [0.5, 0.6) is 5.75 Å². The lowest BCUT2D eigenvalue weighted by Crippen LogP contribution is -2.16. The predicted octanol–water partition coefficient (Wildman–Crippen LogP) is 5.15. The third kappa shape index (κ3) is 5.73. The first-order valence-electron chi connectivity index (χ1n) is 9.38. The van der Waals surface area contributed by atoms with E-state index in [0.29, 0.717) is 17.5 Å². The maximum absolute atomic E-state index is 12.5. The maximum atomic E-state index is 12.5. The zero-order valence-electron chi connectivity index (χ0n) is 16.9. The minimum Gasteiger partial charge on any atom is -0.486 e. The van der Waals surface area contributed by atoms with Crippen molar-refractivity contribution >= 4 is 39.3 Å². The standard InChI is InChI=1S/C22H23BrN4O2S/c1-4-10-27-19(13-29-18-8-6-5-7-9-18)25-26-22(27)30-14-20(28)24-21-15(2)11-17(23)12-16(21)3/h4-9,11-12H,1,10,13-14H2,2-3H3,(H,24,28). The Kier molecular flexibility index (Phi) is 7.70. The molecule has 0 aliphatic heterocycles. The van der Waals surface area contributed by atoms with Gasteiger partial charge in [-0.15, -0.1) is 16.8 Å². The van der Waals surface area contributed by atoms with Crippen LogP contribution in [-0.2, 0) is 17.9 Å². The number of amides is 1. The fraction of sp³-hybridized carbons (Fsp3) is 0.227. The molecule has 0 atom stereocenters. The van der Waals surface area contributed by atoms with E-state index in [0.717, 1.165) is 27.0 Å². The average molecular weight is 487 g/mol. The Bertz CT molecular complexity index is 1010. The molecular weight excluding hydrogens is 464 g/mol. The van der Waals surface area contributed by atoms with Crippen LogP contribution in [-0.4, -0.2) is 26.4 Å². The monoisotopic (exact) mass is 486 g/mol. The van der Waals surface area contributed by atoms with Gasteiger partial charge >= 0.3 is 0 Å². The maximum Gasteiger partial charge on any atom is 0.234 e. The molecule has 1 amide bonds. The number of nitrogens with zero attached hydrogens (tertiary/aromatic N) is 3. The smallest absolute Gasteiger partial charge is 0.234 e. The van der Waals surface area contributed by atoms with Crippen LogP contribution in [0.25, 0.3) is 0 Å². The van der Waals surface area contributed by atoms with Crippen molar-refractivity contribution in [2.45, 2.75) is 32.2 Å². The zero-order valence-corrected chi connectivity index (χ0v) is 19.3. The van der Waals surface area contributed by atoms with Gasteiger partial charge in [0, 0.05) is 16.7 Å². The molecule has 6 nitrogen and oxygen atoms in total. The van der Waals surface area contributed by atoms with Crippen molar-refractivity contribution in [3.05, 3.63) is 76.5 Å². The van der Waals surface area contributed by atoms with Gasteiger partial charge < -0.3 is 10.1 Å². The first-order chi connectivity index (χ1) is 14.5. The normalized spacial score (nSPS) is 10.6. The average Bonchev–Trinajstić information content (AvgIpc) is 3.10. The van der Waals surface area contributed by atoms with Gasteiger partial charge in [-0.25, -0.2) is 0 Å². The molecule has 0 fully saturated rings. The van der Waals surface area contributed by atoms with E-state index in [1.54, 1.807) is 6.08 Å². The van der Waals surface area contributed by atoms with Crippen molar-refractivity contribution in [3.8, 4) is 5.75 Å². The lowest BCUT2D eigenvalue weighted by molar-refractivity contribution is -0.113. The van der Waals surface area contributed by atoms with Gasteiger partial charge in [-0.05, 0) is 49.2 Å². The number of nitrogens with one attached hydrogen (secondary N) is 1. The van der Waals surface area contributed by atoms with E-state index in [1.807, 2.05) is 60.9 Å². The summed E-state index contributed by atoms with van der Waals surface area (Å²) >= 11 is 4.81. The second kappa shape index (κ2) is 10.4. The van der Waals surface area contributed by atoms with Crippen LogP contribution in [0.4, 0.5) is 5.69 Å². The summed E-state index contributed by atoms with van der Waals surface area (Å²) in [6, 6.07) is 13.5. The SMILES string of the molecule is C=CCn1c(COc2ccccc2)nnc1SCC(=O)Nc1c(C)cc(Br)cc1C. The second-order valence-corrected chi connectivity index (χ2v) is 8.51. The molecular formula is C22H23BrN4O2S. The topological polar surface area (TPSA) is 69.0 Å². The summed E-state index contributed by atoms with van der Waals surface area (Å²) in [4.78, 5) is 12.5. The number of carbonyl (C=O) groups excluding carboxylic acids is 1. The fourth-order valence-corrected chi connectivity index (χ4v) is 4.38. The number of para-hydroxylation sites is 1. The van der Waals surface area contributed by atoms with E-state index in [-0.39, 0.29) is 18.3 Å². The Balaban J connectivity index is 1.64. The Hall–Kier alpha value is -2.58. The Morgan fingerprint density at radius 2 is 1.93 bits per heavy atom. The molecule has 0 unspecified atom stereocenters. The van der Waals surface area contributed by atoms with E-state index < -0.39 is 0 Å². The van der Waals surface area contributed by atoms with Crippen molar-refractivity contribution in [3.63, 3.8) is 0 Å². The minimum absolute atomic E-state index is 0.0937. The minimum atomic E-state index is -0.0937. The number of benzene rings is 2. The van der Waals surface area contributed by atoms with Crippen molar-refractivity contribution < 1.29 is 9.53 Å². The van der Waals surface area contributed by atoms with Crippen molar-refractivity contribution in [2.24, 2.45) is 0 Å². The third-order valence-corrected chi connectivity index (χ3v) is 5.74. The molecule has 0 saturated heterocycles. The molecule has 1 aromatic heterocycles. The predicted molar refractivity (Wildman–Crippen MR) is 124 cm³/mol. The van der Waals surface area contributed by atoms with Crippen molar-refractivity contribution in [1.29, 1.82) is 0 Å². The van der Waals surface area contributed by atoms with Crippen LogP contribution >= 0.6 is 27.7 Å². The van der Waals surface area contributed by atoms with Gasteiger partial charge in [0.25, 0.3) is 0 Å². The molecule has 8 heteroatoms. The molecule has 156 valence electrons. The number of ether oxygens (including phenoxy) is 1. The van der Waals surface area contributed by atoms with Crippen LogP contribution in [0.15, 0.2) is 64.7 Å². The number of hydrogen-bond donors (Lipinski definition) is 1. The molecule has 0 radical (unpaired) electrons. The van der Waals surface area contributed by atoms with Crippen molar-refractivity contribution in [2.75, 3.05) is 11.1 Å². The third-order valence-electron chi connectivity index (χ3n) is 4.31. The summed E-state index contributed by atoms with van der Waals surface area (Å²) in [7, 11) is 0. The molecule has 0 bridgehead atoms. The van der Waals surface area contributed by atoms with Crippen molar-refractivity contribution in [1.82, 2.24) is 14.8 Å². The highest BCUT2D eigenvalue weighted by Gasteiger charge is 2.15. The molecule has 0 aliphatic carbocycles. The van der Waals surface area contributed by atoms with Crippen LogP contribution in [0.1, 0.15) is 17.0 Å². The number of aryl methyl sites for hydroxylation is 2. The molecule has 3 rings (SSSR count). The number of rotatable bonds is 9. The van der Waals surface area contributed by atoms with Crippen LogP contribution < -0.4 is 10.1 Å². The van der Waals surface area contributed by atoms with Crippen LogP contribution in [0.2, 0.25) is 0 Å². The quantitative estimate of drug-likeness (QED) is 0.334. The van der Waals surface area contributed by atoms with Crippen LogP contribution in [0, 0.1) is 13.8 Å². The number of allylic oxidation sites excluding steroid dienone is 1. The Labute approximate surface area is 188 Å². The zero-order chi connectivity index (χ0) is 21.5. The van der Waals surface area contributed by atoms with Gasteiger partial charge in [0.2, 0.25) is 5.91 Å². The van der Waals surface area contributed by atoms with Crippen LogP contribution in [0.3, 0.4) is 0 Å². The van der Waals surface area contributed by atoms with Gasteiger partial charge in [0.15, 0.2) is 11.0 Å². The van der Waals surface area contributed by atoms with E-state index in [1.165, 1.54) is 11.8 Å². The highest BCUT2D eigenvalue weighted by molar-refractivity contribution is 9.10. The lowest BCUT2D eigenvalue weighted by Gasteiger charge is -2.12. The first kappa shape index (κ1) is 22.1. The number of anilines is 1. The second-order valence-electron chi connectivity index (χ2n) is 6.65. The lowest BCUT2D eigenvalue weighted by atomic mass is 10.1. The summed E-state index contributed by atoms with van der Waals surface area (Å²) in [6.45, 7) is 8.57. The molecule has 3 aromatic rings. The van der Waals surface area contributed by atoms with Gasteiger partial charge in [0.1, 0.15) is 12.4 Å². The summed E-state index contributed by atoms with van der Waals surface area (Å²) in [5.74, 6) is 1.58. The van der Waals surface area contributed by atoms with Gasteiger partial charge in [-0.3, -0.25) is 9.36 Å². The fourth-order valence-electron chi connectivity index (χ4n) is 2.92. The number of thioether (sulfide) groups is 1. The molecule has 2 aromatic carbocycles. The summed E-state index contributed by atoms with van der Waals surface area (Å²) in [5.41, 5.74) is 2.86. The summed E-state index contributed by atoms with van der Waals surface area (Å²) < 4.78 is 8.68.